The minimum Gasteiger partial charge on any atom is -0.356 e. The Bertz CT molecular complexity index is 482. The van der Waals surface area contributed by atoms with Crippen LogP contribution in [0.4, 0.5) is 0 Å². The van der Waals surface area contributed by atoms with Gasteiger partial charge in [-0.3, -0.25) is 4.99 Å². The van der Waals surface area contributed by atoms with E-state index in [0.29, 0.717) is 5.41 Å². The van der Waals surface area contributed by atoms with Gasteiger partial charge in [0, 0.05) is 31.7 Å². The van der Waals surface area contributed by atoms with Gasteiger partial charge in [0.1, 0.15) is 0 Å². The van der Waals surface area contributed by atoms with Crippen LogP contribution in [0.3, 0.4) is 0 Å². The molecule has 2 rings (SSSR count). The Morgan fingerprint density at radius 1 is 1.45 bits per heavy atom. The fourth-order valence-corrected chi connectivity index (χ4v) is 2.85. The van der Waals surface area contributed by atoms with E-state index in [0.717, 1.165) is 37.0 Å². The summed E-state index contributed by atoms with van der Waals surface area (Å²) in [5.41, 5.74) is 1.65. The fraction of sp³-hybridized carbons (Fsp3) is 0.562. The van der Waals surface area contributed by atoms with Crippen LogP contribution in [0.1, 0.15) is 25.8 Å². The van der Waals surface area contributed by atoms with Crippen molar-refractivity contribution < 1.29 is 0 Å². The summed E-state index contributed by atoms with van der Waals surface area (Å²) in [6.45, 7) is 7.66. The van der Waals surface area contributed by atoms with Gasteiger partial charge < -0.3 is 10.2 Å². The second-order valence-corrected chi connectivity index (χ2v) is 6.63. The molecule has 0 aromatic heterocycles. The Morgan fingerprint density at radius 2 is 2.25 bits per heavy atom. The summed E-state index contributed by atoms with van der Waals surface area (Å²) in [6, 6.07) is 8.03. The molecule has 0 aliphatic carbocycles. The van der Waals surface area contributed by atoms with E-state index in [1.807, 2.05) is 25.2 Å². The number of likely N-dealkylation sites (tertiary alicyclic amines) is 1. The summed E-state index contributed by atoms with van der Waals surface area (Å²) < 4.78 is 0. The summed E-state index contributed by atoms with van der Waals surface area (Å²) >= 11 is 6.00. The third-order valence-corrected chi connectivity index (χ3v) is 4.01. The largest absolute Gasteiger partial charge is 0.356 e. The van der Waals surface area contributed by atoms with Crippen molar-refractivity contribution in [2.75, 3.05) is 26.7 Å². The molecule has 1 N–H and O–H groups in total. The van der Waals surface area contributed by atoms with E-state index in [1.165, 1.54) is 12.0 Å². The molecule has 1 aromatic rings. The highest BCUT2D eigenvalue weighted by atomic mass is 35.5. The average molecular weight is 294 g/mol. The molecule has 1 aromatic carbocycles. The Balaban J connectivity index is 1.83. The Morgan fingerprint density at radius 3 is 2.85 bits per heavy atom. The van der Waals surface area contributed by atoms with Crippen LogP contribution >= 0.6 is 11.6 Å². The lowest BCUT2D eigenvalue weighted by Gasteiger charge is -2.23. The summed E-state index contributed by atoms with van der Waals surface area (Å²) in [6.07, 6.45) is 2.18. The molecule has 1 saturated heterocycles. The fourth-order valence-electron chi connectivity index (χ4n) is 2.64. The Labute approximate surface area is 127 Å². The summed E-state index contributed by atoms with van der Waals surface area (Å²) in [7, 11) is 1.85. The lowest BCUT2D eigenvalue weighted by Crippen LogP contribution is -2.41. The van der Waals surface area contributed by atoms with Crippen molar-refractivity contribution >= 4 is 17.6 Å². The number of guanidine groups is 1. The van der Waals surface area contributed by atoms with Crippen molar-refractivity contribution in [2.24, 2.45) is 10.4 Å². The smallest absolute Gasteiger partial charge is 0.193 e. The second kappa shape index (κ2) is 6.49. The van der Waals surface area contributed by atoms with Gasteiger partial charge in [0.15, 0.2) is 5.96 Å². The van der Waals surface area contributed by atoms with E-state index >= 15 is 0 Å². The molecule has 3 nitrogen and oxygen atoms in total. The van der Waals surface area contributed by atoms with Crippen LogP contribution in [0.2, 0.25) is 5.02 Å². The van der Waals surface area contributed by atoms with Crippen LogP contribution in [0, 0.1) is 5.41 Å². The maximum atomic E-state index is 6.00. The van der Waals surface area contributed by atoms with Crippen LogP contribution in [0.5, 0.6) is 0 Å². The lowest BCUT2D eigenvalue weighted by atomic mass is 9.93. The molecule has 0 atom stereocenters. The zero-order valence-corrected chi connectivity index (χ0v) is 13.4. The van der Waals surface area contributed by atoms with Gasteiger partial charge in [-0.1, -0.05) is 37.6 Å². The standard InChI is InChI=1S/C16H24ClN3/c1-16(2)8-10-20(12-16)15(18-3)19-9-7-13-5-4-6-14(17)11-13/h4-6,11H,7-10,12H2,1-3H3,(H,18,19). The average Bonchev–Trinajstić information content (AvgIpc) is 2.75. The van der Waals surface area contributed by atoms with E-state index in [-0.39, 0.29) is 0 Å². The number of hydrogen-bond donors (Lipinski definition) is 1. The van der Waals surface area contributed by atoms with Gasteiger partial charge in [-0.25, -0.2) is 0 Å². The first-order valence-electron chi connectivity index (χ1n) is 7.20. The predicted molar refractivity (Wildman–Crippen MR) is 86.5 cm³/mol. The highest BCUT2D eigenvalue weighted by Crippen LogP contribution is 2.28. The number of halogens is 1. The van der Waals surface area contributed by atoms with Gasteiger partial charge in [0.05, 0.1) is 0 Å². The van der Waals surface area contributed by atoms with Crippen molar-refractivity contribution in [1.29, 1.82) is 0 Å². The lowest BCUT2D eigenvalue weighted by molar-refractivity contribution is 0.370. The SMILES string of the molecule is CN=C(NCCc1cccc(Cl)c1)N1CCC(C)(C)C1. The molecule has 0 saturated carbocycles. The Kier molecular flexibility index (Phi) is 4.92. The molecule has 0 radical (unpaired) electrons. The van der Waals surface area contributed by atoms with Gasteiger partial charge in [-0.2, -0.15) is 0 Å². The van der Waals surface area contributed by atoms with E-state index in [9.17, 15) is 0 Å². The van der Waals surface area contributed by atoms with E-state index < -0.39 is 0 Å². The van der Waals surface area contributed by atoms with Gasteiger partial charge in [0.25, 0.3) is 0 Å². The van der Waals surface area contributed by atoms with E-state index in [1.54, 1.807) is 0 Å². The first kappa shape index (κ1) is 15.2. The van der Waals surface area contributed by atoms with Gasteiger partial charge in [0.2, 0.25) is 0 Å². The number of rotatable bonds is 3. The number of benzene rings is 1. The van der Waals surface area contributed by atoms with E-state index in [4.69, 9.17) is 11.6 Å². The van der Waals surface area contributed by atoms with Crippen molar-refractivity contribution in [3.8, 4) is 0 Å². The molecule has 1 fully saturated rings. The van der Waals surface area contributed by atoms with Gasteiger partial charge in [-0.15, -0.1) is 0 Å². The summed E-state index contributed by atoms with van der Waals surface area (Å²) in [4.78, 5) is 6.73. The molecule has 0 bridgehead atoms. The van der Waals surface area contributed by atoms with Crippen LogP contribution in [-0.4, -0.2) is 37.5 Å². The molecule has 0 amide bonds. The quantitative estimate of drug-likeness (QED) is 0.685. The molecule has 1 aliphatic rings. The number of nitrogens with zero attached hydrogens (tertiary/aromatic N) is 2. The highest BCUT2D eigenvalue weighted by Gasteiger charge is 2.30. The Hall–Kier alpha value is -1.22. The predicted octanol–water partition coefficient (Wildman–Crippen LogP) is 3.19. The molecule has 1 heterocycles. The van der Waals surface area contributed by atoms with Crippen molar-refractivity contribution in [2.45, 2.75) is 26.7 Å². The second-order valence-electron chi connectivity index (χ2n) is 6.19. The number of nitrogens with one attached hydrogen (secondary N) is 1. The van der Waals surface area contributed by atoms with Crippen molar-refractivity contribution in [3.63, 3.8) is 0 Å². The molecule has 110 valence electrons. The maximum Gasteiger partial charge on any atom is 0.193 e. The van der Waals surface area contributed by atoms with Gasteiger partial charge >= 0.3 is 0 Å². The topological polar surface area (TPSA) is 27.6 Å². The van der Waals surface area contributed by atoms with Crippen molar-refractivity contribution in [1.82, 2.24) is 10.2 Å². The molecule has 0 spiro atoms. The molecule has 1 aliphatic heterocycles. The number of aliphatic imine (C=N–C) groups is 1. The molecular formula is C16H24ClN3. The zero-order valence-electron chi connectivity index (χ0n) is 12.6. The minimum absolute atomic E-state index is 0.393. The first-order valence-corrected chi connectivity index (χ1v) is 7.58. The molecule has 0 unspecified atom stereocenters. The third-order valence-electron chi connectivity index (χ3n) is 3.77. The molecule has 4 heteroatoms. The van der Waals surface area contributed by atoms with Gasteiger partial charge in [-0.05, 0) is 36.0 Å². The normalized spacial score (nSPS) is 18.4. The van der Waals surface area contributed by atoms with Crippen LogP contribution < -0.4 is 5.32 Å². The maximum absolute atomic E-state index is 6.00. The first-order chi connectivity index (χ1) is 9.50. The minimum atomic E-state index is 0.393. The third kappa shape index (κ3) is 4.14. The highest BCUT2D eigenvalue weighted by molar-refractivity contribution is 6.30. The van der Waals surface area contributed by atoms with Crippen molar-refractivity contribution in [3.05, 3.63) is 34.9 Å². The van der Waals surface area contributed by atoms with Crippen LogP contribution in [0.15, 0.2) is 29.3 Å². The van der Waals surface area contributed by atoms with Crippen LogP contribution in [0.25, 0.3) is 0 Å². The summed E-state index contributed by atoms with van der Waals surface area (Å²) in [5, 5.41) is 4.25. The van der Waals surface area contributed by atoms with Crippen LogP contribution in [-0.2, 0) is 6.42 Å². The monoisotopic (exact) mass is 293 g/mol. The zero-order chi connectivity index (χ0) is 14.6. The summed E-state index contributed by atoms with van der Waals surface area (Å²) in [5.74, 6) is 1.01. The number of hydrogen-bond acceptors (Lipinski definition) is 1. The molecular weight excluding hydrogens is 270 g/mol. The molecule has 20 heavy (non-hydrogen) atoms. The van der Waals surface area contributed by atoms with E-state index in [2.05, 4.69) is 35.1 Å².